The normalized spacial score (nSPS) is 17.2. The van der Waals surface area contributed by atoms with Crippen LogP contribution in [0, 0.1) is 6.92 Å². The van der Waals surface area contributed by atoms with Gasteiger partial charge in [-0.25, -0.2) is 4.79 Å². The average molecular weight is 444 g/mol. The summed E-state index contributed by atoms with van der Waals surface area (Å²) in [5.41, 5.74) is 11.5. The van der Waals surface area contributed by atoms with Gasteiger partial charge < -0.3 is 15.0 Å². The highest BCUT2D eigenvalue weighted by Gasteiger charge is 2.31. The Morgan fingerprint density at radius 2 is 1.88 bits per heavy atom. The number of anilines is 1. The highest BCUT2D eigenvalue weighted by Crippen LogP contribution is 2.44. The van der Waals surface area contributed by atoms with E-state index in [1.807, 2.05) is 25.1 Å². The van der Waals surface area contributed by atoms with Crippen LogP contribution in [0.4, 0.5) is 5.69 Å². The number of hydrogen-bond donors (Lipinski definition) is 2. The van der Waals surface area contributed by atoms with Gasteiger partial charge in [0.25, 0.3) is 0 Å². The predicted molar refractivity (Wildman–Crippen MR) is 136 cm³/mol. The quantitative estimate of drug-likeness (QED) is 0.652. The maximum Gasteiger partial charge on any atom is 0.338 e. The van der Waals surface area contributed by atoms with Crippen LogP contribution in [0.15, 0.2) is 65.3 Å². The summed E-state index contributed by atoms with van der Waals surface area (Å²) in [6.07, 6.45) is 5.64. The Morgan fingerprint density at radius 3 is 2.58 bits per heavy atom. The molecule has 2 N–H and O–H groups in total. The summed E-state index contributed by atoms with van der Waals surface area (Å²) in [6.45, 7) is 9.58. The van der Waals surface area contributed by atoms with Crippen molar-refractivity contribution in [2.45, 2.75) is 40.2 Å². The van der Waals surface area contributed by atoms with Crippen molar-refractivity contribution in [2.75, 3.05) is 32.6 Å². The lowest BCUT2D eigenvalue weighted by Gasteiger charge is -2.32. The van der Waals surface area contributed by atoms with E-state index in [2.05, 4.69) is 70.5 Å². The Labute approximate surface area is 197 Å². The lowest BCUT2D eigenvalue weighted by Crippen LogP contribution is -3.10. The molecule has 0 aromatic heterocycles. The number of nitrogens with one attached hydrogen (secondary N) is 2. The van der Waals surface area contributed by atoms with Crippen LogP contribution >= 0.6 is 0 Å². The fraction of sp³-hybridized carbons (Fsp3) is 0.345. The minimum absolute atomic E-state index is 0.271. The highest BCUT2D eigenvalue weighted by molar-refractivity contribution is 6.01. The van der Waals surface area contributed by atoms with Gasteiger partial charge in [0.1, 0.15) is 6.04 Å². The fourth-order valence-corrected chi connectivity index (χ4v) is 5.08. The number of carbonyl (C=O) groups is 1. The summed E-state index contributed by atoms with van der Waals surface area (Å²) in [6, 6.07) is 12.8. The Morgan fingerprint density at radius 1 is 1.12 bits per heavy atom. The van der Waals surface area contributed by atoms with Gasteiger partial charge in [-0.2, -0.15) is 0 Å². The Kier molecular flexibility index (Phi) is 6.57. The number of hydrogen-bond acceptors (Lipinski definition) is 3. The molecule has 0 bridgehead atoms. The summed E-state index contributed by atoms with van der Waals surface area (Å²) in [5, 5.41) is 3.51. The van der Waals surface area contributed by atoms with Crippen LogP contribution in [-0.2, 0) is 11.2 Å². The van der Waals surface area contributed by atoms with Crippen molar-refractivity contribution in [1.82, 2.24) is 0 Å². The van der Waals surface area contributed by atoms with Gasteiger partial charge in [-0.1, -0.05) is 18.2 Å². The molecule has 0 saturated heterocycles. The molecular weight excluding hydrogens is 408 g/mol. The molecular formula is C29H35N2O2+. The first kappa shape index (κ1) is 23.1. The van der Waals surface area contributed by atoms with Crippen LogP contribution in [0.1, 0.15) is 53.4 Å². The van der Waals surface area contributed by atoms with Crippen LogP contribution in [0.5, 0.6) is 0 Å². The van der Waals surface area contributed by atoms with Crippen molar-refractivity contribution in [3.8, 4) is 0 Å². The molecule has 0 saturated carbocycles. The van der Waals surface area contributed by atoms with E-state index in [9.17, 15) is 4.79 Å². The van der Waals surface area contributed by atoms with Crippen molar-refractivity contribution >= 4 is 17.2 Å². The van der Waals surface area contributed by atoms with E-state index in [-0.39, 0.29) is 5.97 Å². The molecule has 4 rings (SSSR count). The Bertz CT molecular complexity index is 1180. The van der Waals surface area contributed by atoms with Crippen molar-refractivity contribution < 1.29 is 14.4 Å². The SMILES string of the molecule is CCNc1cc2c(cc1C)C(c1ccccc1C(=O)OCC)=C1C=C(C)C([NH+](C)C)C=C1C2. The molecule has 4 nitrogen and oxygen atoms in total. The summed E-state index contributed by atoms with van der Waals surface area (Å²) in [4.78, 5) is 14.3. The fourth-order valence-electron chi connectivity index (χ4n) is 5.08. The summed E-state index contributed by atoms with van der Waals surface area (Å²) in [5.74, 6) is -0.271. The molecule has 0 aliphatic heterocycles. The number of benzene rings is 2. The summed E-state index contributed by atoms with van der Waals surface area (Å²) in [7, 11) is 4.41. The van der Waals surface area contributed by atoms with Crippen molar-refractivity contribution in [2.24, 2.45) is 0 Å². The first-order valence-corrected chi connectivity index (χ1v) is 11.9. The highest BCUT2D eigenvalue weighted by atomic mass is 16.5. The van der Waals surface area contributed by atoms with Crippen LogP contribution in [0.2, 0.25) is 0 Å². The zero-order chi connectivity index (χ0) is 23.7. The van der Waals surface area contributed by atoms with Gasteiger partial charge in [0.2, 0.25) is 0 Å². The largest absolute Gasteiger partial charge is 0.462 e. The molecule has 0 amide bonds. The molecule has 33 heavy (non-hydrogen) atoms. The smallest absolute Gasteiger partial charge is 0.338 e. The van der Waals surface area contributed by atoms with E-state index in [0.717, 1.165) is 24.1 Å². The molecule has 172 valence electrons. The third-order valence-corrected chi connectivity index (χ3v) is 6.63. The van der Waals surface area contributed by atoms with Crippen LogP contribution in [0.3, 0.4) is 0 Å². The maximum absolute atomic E-state index is 12.9. The first-order valence-electron chi connectivity index (χ1n) is 11.9. The Balaban J connectivity index is 2.01. The molecule has 0 spiro atoms. The second kappa shape index (κ2) is 9.40. The van der Waals surface area contributed by atoms with Gasteiger partial charge in [0.05, 0.1) is 26.3 Å². The van der Waals surface area contributed by atoms with Crippen molar-refractivity contribution in [3.05, 3.63) is 93.1 Å². The lowest BCUT2D eigenvalue weighted by atomic mass is 9.74. The van der Waals surface area contributed by atoms with E-state index in [1.165, 1.54) is 44.0 Å². The molecule has 4 heteroatoms. The van der Waals surface area contributed by atoms with E-state index < -0.39 is 0 Å². The minimum Gasteiger partial charge on any atom is -0.462 e. The van der Waals surface area contributed by atoms with Crippen molar-refractivity contribution in [3.63, 3.8) is 0 Å². The first-order chi connectivity index (χ1) is 15.8. The number of allylic oxidation sites excluding steroid dienone is 3. The topological polar surface area (TPSA) is 42.8 Å². The Hall–Kier alpha value is -3.11. The van der Waals surface area contributed by atoms with E-state index >= 15 is 0 Å². The van der Waals surface area contributed by atoms with Gasteiger partial charge in [0.15, 0.2) is 0 Å². The third kappa shape index (κ3) is 4.28. The second-order valence-electron chi connectivity index (χ2n) is 9.22. The van der Waals surface area contributed by atoms with Crippen LogP contribution in [0.25, 0.3) is 5.57 Å². The van der Waals surface area contributed by atoms with Crippen molar-refractivity contribution in [1.29, 1.82) is 0 Å². The zero-order valence-electron chi connectivity index (χ0n) is 20.6. The predicted octanol–water partition coefficient (Wildman–Crippen LogP) is 4.36. The van der Waals surface area contributed by atoms with Gasteiger partial charge in [0, 0.05) is 12.2 Å². The van der Waals surface area contributed by atoms with Crippen LogP contribution in [-0.4, -0.2) is 39.3 Å². The number of fused-ring (bicyclic) bond motifs is 2. The molecule has 2 aliphatic rings. The molecule has 1 unspecified atom stereocenters. The molecule has 0 heterocycles. The summed E-state index contributed by atoms with van der Waals surface area (Å²) < 4.78 is 5.42. The van der Waals surface area contributed by atoms with Gasteiger partial charge in [-0.15, -0.1) is 0 Å². The van der Waals surface area contributed by atoms with Gasteiger partial charge >= 0.3 is 5.97 Å². The second-order valence-corrected chi connectivity index (χ2v) is 9.22. The number of likely N-dealkylation sites (N-methyl/N-ethyl adjacent to an activating group) is 1. The molecule has 0 fully saturated rings. The molecule has 1 atom stereocenters. The number of aryl methyl sites for hydroxylation is 1. The van der Waals surface area contributed by atoms with E-state index in [4.69, 9.17) is 4.74 Å². The zero-order valence-corrected chi connectivity index (χ0v) is 20.6. The number of carbonyl (C=O) groups excluding carboxylic acids is 1. The van der Waals surface area contributed by atoms with E-state index in [0.29, 0.717) is 18.2 Å². The standard InChI is InChI=1S/C29H34N2O2/c1-7-30-26-16-20-15-21-17-27(31(5)6)19(4)14-25(21)28(24(20)13-18(26)3)22-11-9-10-12-23(22)29(32)33-8-2/h9-14,16-17,27,30H,7-8,15H2,1-6H3/p+1. The number of esters is 1. The molecule has 0 radical (unpaired) electrons. The monoisotopic (exact) mass is 443 g/mol. The van der Waals surface area contributed by atoms with Crippen LogP contribution < -0.4 is 10.2 Å². The number of rotatable bonds is 6. The lowest BCUT2D eigenvalue weighted by molar-refractivity contribution is -0.872. The van der Waals surface area contributed by atoms with E-state index in [1.54, 1.807) is 0 Å². The molecule has 2 aliphatic carbocycles. The molecule has 2 aromatic rings. The minimum atomic E-state index is -0.271. The number of quaternary nitrogens is 1. The third-order valence-electron chi connectivity index (χ3n) is 6.63. The summed E-state index contributed by atoms with van der Waals surface area (Å²) >= 11 is 0. The van der Waals surface area contributed by atoms with Gasteiger partial charge in [-0.05, 0) is 109 Å². The maximum atomic E-state index is 12.9. The van der Waals surface area contributed by atoms with Gasteiger partial charge in [-0.3, -0.25) is 0 Å². The number of ether oxygens (including phenoxy) is 1. The molecule has 2 aromatic carbocycles. The average Bonchev–Trinajstić information content (AvgIpc) is 2.78.